The first-order valence-corrected chi connectivity index (χ1v) is 10.5. The van der Waals surface area contributed by atoms with Crippen LogP contribution in [0.15, 0.2) is 16.3 Å². The predicted octanol–water partition coefficient (Wildman–Crippen LogP) is 2.03. The highest BCUT2D eigenvalue weighted by molar-refractivity contribution is 7.90. The zero-order valence-corrected chi connectivity index (χ0v) is 16.9. The van der Waals surface area contributed by atoms with Crippen LogP contribution in [-0.2, 0) is 14.8 Å². The molecule has 28 heavy (non-hydrogen) atoms. The lowest BCUT2D eigenvalue weighted by molar-refractivity contribution is 0.0602. The molecule has 2 heterocycles. The molecule has 1 fully saturated rings. The van der Waals surface area contributed by atoms with Gasteiger partial charge in [-0.1, -0.05) is 0 Å². The summed E-state index contributed by atoms with van der Waals surface area (Å²) in [4.78, 5) is 31.9. The lowest BCUT2D eigenvalue weighted by Crippen LogP contribution is -2.35. The van der Waals surface area contributed by atoms with Crippen LogP contribution in [0.5, 0.6) is 5.88 Å². The summed E-state index contributed by atoms with van der Waals surface area (Å²) in [6.45, 7) is 1.52. The molecule has 3 rings (SSSR count). The molecule has 2 aromatic rings. The molecule has 0 saturated heterocycles. The minimum atomic E-state index is -4.32. The van der Waals surface area contributed by atoms with Crippen LogP contribution in [0, 0.1) is 6.92 Å². The summed E-state index contributed by atoms with van der Waals surface area (Å²) < 4.78 is 36.8. The van der Waals surface area contributed by atoms with E-state index in [2.05, 4.69) is 20.0 Å². The van der Waals surface area contributed by atoms with Crippen LogP contribution >= 0.6 is 11.3 Å². The summed E-state index contributed by atoms with van der Waals surface area (Å²) in [7, 11) is -1.75. The van der Waals surface area contributed by atoms with Gasteiger partial charge in [0.1, 0.15) is 9.77 Å². The second-order valence-electron chi connectivity index (χ2n) is 6.06. The molecule has 1 aliphatic rings. The van der Waals surface area contributed by atoms with E-state index in [-0.39, 0.29) is 27.5 Å². The Kier molecular flexibility index (Phi) is 5.52. The van der Waals surface area contributed by atoms with E-state index in [9.17, 15) is 18.0 Å². The minimum absolute atomic E-state index is 0.0795. The smallest absolute Gasteiger partial charge is 0.349 e. The van der Waals surface area contributed by atoms with Crippen molar-refractivity contribution in [2.45, 2.75) is 30.6 Å². The number of anilines is 1. The second-order valence-corrected chi connectivity index (χ2v) is 8.56. The molecular formula is C16H18N4O6S2. The van der Waals surface area contributed by atoms with Crippen LogP contribution in [-0.4, -0.2) is 44.6 Å². The lowest BCUT2D eigenvalue weighted by atomic mass is 10.3. The molecule has 2 amide bonds. The van der Waals surface area contributed by atoms with E-state index in [1.165, 1.54) is 19.4 Å². The van der Waals surface area contributed by atoms with Gasteiger partial charge < -0.3 is 9.47 Å². The molecule has 0 radical (unpaired) electrons. The van der Waals surface area contributed by atoms with Crippen LogP contribution < -0.4 is 14.8 Å². The van der Waals surface area contributed by atoms with Crippen LogP contribution in [0.4, 0.5) is 10.7 Å². The number of sulfonamides is 1. The first-order chi connectivity index (χ1) is 13.2. The molecule has 0 aliphatic heterocycles. The van der Waals surface area contributed by atoms with Crippen LogP contribution in [0.3, 0.4) is 0 Å². The molecule has 1 aliphatic carbocycles. The SMILES string of the molecule is COC(=O)c1scc(C)c1S(=O)(=O)NC(=O)Nc1nc(OC)cc(C2CC2)n1. The fourth-order valence-electron chi connectivity index (χ4n) is 2.49. The number of carbonyl (C=O) groups excluding carboxylic acids is 2. The van der Waals surface area contributed by atoms with Crippen molar-refractivity contribution >= 4 is 39.3 Å². The number of thiophene rings is 1. The predicted molar refractivity (Wildman–Crippen MR) is 100 cm³/mol. The number of urea groups is 1. The molecule has 0 atom stereocenters. The van der Waals surface area contributed by atoms with Crippen molar-refractivity contribution in [1.29, 1.82) is 0 Å². The maximum absolute atomic E-state index is 12.6. The Morgan fingerprint density at radius 2 is 1.96 bits per heavy atom. The summed E-state index contributed by atoms with van der Waals surface area (Å²) in [6.07, 6.45) is 1.96. The first kappa shape index (κ1) is 20.0. The van der Waals surface area contributed by atoms with E-state index in [4.69, 9.17) is 4.74 Å². The highest BCUT2D eigenvalue weighted by Crippen LogP contribution is 2.40. The topological polar surface area (TPSA) is 137 Å². The van der Waals surface area contributed by atoms with Gasteiger partial charge in [0.05, 0.1) is 19.9 Å². The van der Waals surface area contributed by atoms with Gasteiger partial charge in [-0.3, -0.25) is 5.32 Å². The maximum Gasteiger partial charge on any atom is 0.349 e. The largest absolute Gasteiger partial charge is 0.481 e. The van der Waals surface area contributed by atoms with Crippen molar-refractivity contribution in [2.75, 3.05) is 19.5 Å². The number of amides is 2. The number of hydrogen-bond acceptors (Lipinski definition) is 9. The van der Waals surface area contributed by atoms with Crippen molar-refractivity contribution < 1.29 is 27.5 Å². The quantitative estimate of drug-likeness (QED) is 0.670. The second kappa shape index (κ2) is 7.72. The van der Waals surface area contributed by atoms with Gasteiger partial charge in [-0.2, -0.15) is 4.98 Å². The number of hydrogen-bond donors (Lipinski definition) is 2. The van der Waals surface area contributed by atoms with Gasteiger partial charge in [-0.25, -0.2) is 27.7 Å². The molecule has 12 heteroatoms. The fraction of sp³-hybridized carbons (Fsp3) is 0.375. The summed E-state index contributed by atoms with van der Waals surface area (Å²) in [5.41, 5.74) is 1.03. The number of rotatable bonds is 6. The third kappa shape index (κ3) is 4.22. The Labute approximate surface area is 165 Å². The van der Waals surface area contributed by atoms with Gasteiger partial charge in [0.2, 0.25) is 11.8 Å². The van der Waals surface area contributed by atoms with E-state index in [1.807, 2.05) is 4.72 Å². The third-order valence-electron chi connectivity index (χ3n) is 3.94. The number of methoxy groups -OCH3 is 2. The van der Waals surface area contributed by atoms with E-state index in [0.29, 0.717) is 11.3 Å². The van der Waals surface area contributed by atoms with E-state index < -0.39 is 22.0 Å². The number of aromatic nitrogens is 2. The Hall–Kier alpha value is -2.73. The Bertz CT molecular complexity index is 1030. The number of nitrogens with one attached hydrogen (secondary N) is 2. The fourth-order valence-corrected chi connectivity index (χ4v) is 5.11. The molecule has 10 nitrogen and oxygen atoms in total. The van der Waals surface area contributed by atoms with Crippen LogP contribution in [0.2, 0.25) is 0 Å². The van der Waals surface area contributed by atoms with Gasteiger partial charge in [0.15, 0.2) is 0 Å². The Morgan fingerprint density at radius 3 is 2.57 bits per heavy atom. The van der Waals surface area contributed by atoms with Crippen molar-refractivity contribution in [1.82, 2.24) is 14.7 Å². The highest BCUT2D eigenvalue weighted by atomic mass is 32.2. The molecular weight excluding hydrogens is 408 g/mol. The molecule has 1 saturated carbocycles. The molecule has 150 valence electrons. The average molecular weight is 426 g/mol. The summed E-state index contributed by atoms with van der Waals surface area (Å²) in [6, 6.07) is 0.617. The van der Waals surface area contributed by atoms with Crippen LogP contribution in [0.1, 0.15) is 39.7 Å². The Morgan fingerprint density at radius 1 is 1.25 bits per heavy atom. The molecule has 0 aromatic carbocycles. The van der Waals surface area contributed by atoms with Crippen molar-refractivity contribution in [3.63, 3.8) is 0 Å². The molecule has 0 bridgehead atoms. The lowest BCUT2D eigenvalue weighted by Gasteiger charge is -2.10. The van der Waals surface area contributed by atoms with Gasteiger partial charge in [0.25, 0.3) is 10.0 Å². The van der Waals surface area contributed by atoms with E-state index in [0.717, 1.165) is 31.3 Å². The third-order valence-corrected chi connectivity index (χ3v) is 6.66. The molecule has 2 N–H and O–H groups in total. The molecule has 2 aromatic heterocycles. The summed E-state index contributed by atoms with van der Waals surface area (Å²) >= 11 is 0.917. The number of carbonyl (C=O) groups is 2. The Balaban J connectivity index is 1.81. The van der Waals surface area contributed by atoms with E-state index >= 15 is 0 Å². The van der Waals surface area contributed by atoms with Gasteiger partial charge in [0, 0.05) is 12.0 Å². The zero-order valence-electron chi connectivity index (χ0n) is 15.3. The number of ether oxygens (including phenoxy) is 2. The normalized spacial score (nSPS) is 13.7. The zero-order chi connectivity index (χ0) is 20.5. The number of esters is 1. The van der Waals surface area contributed by atoms with Crippen molar-refractivity contribution in [3.05, 3.63) is 27.6 Å². The number of aryl methyl sites for hydroxylation is 1. The van der Waals surface area contributed by atoms with Crippen LogP contribution in [0.25, 0.3) is 0 Å². The summed E-state index contributed by atoms with van der Waals surface area (Å²) in [5.74, 6) is -0.342. The molecule has 0 spiro atoms. The average Bonchev–Trinajstić information content (AvgIpc) is 3.41. The first-order valence-electron chi connectivity index (χ1n) is 8.18. The maximum atomic E-state index is 12.6. The highest BCUT2D eigenvalue weighted by Gasteiger charge is 2.30. The van der Waals surface area contributed by atoms with Gasteiger partial charge >= 0.3 is 12.0 Å². The minimum Gasteiger partial charge on any atom is -0.481 e. The monoisotopic (exact) mass is 426 g/mol. The molecule has 0 unspecified atom stereocenters. The van der Waals surface area contributed by atoms with Crippen molar-refractivity contribution in [2.24, 2.45) is 0 Å². The van der Waals surface area contributed by atoms with Gasteiger partial charge in [-0.15, -0.1) is 11.3 Å². The van der Waals surface area contributed by atoms with Gasteiger partial charge in [-0.05, 0) is 30.7 Å². The summed E-state index contributed by atoms with van der Waals surface area (Å²) in [5, 5.41) is 3.79. The standard InChI is InChI=1S/C16H18N4O6S2/c1-8-7-27-12(14(21)26-3)13(8)28(23,24)20-16(22)19-15-17-10(9-4-5-9)6-11(18-15)25-2/h6-7,9H,4-5H2,1-3H3,(H2,17,18,19,20,22). The van der Waals surface area contributed by atoms with Crippen molar-refractivity contribution in [3.8, 4) is 5.88 Å². The van der Waals surface area contributed by atoms with E-state index in [1.54, 1.807) is 6.07 Å². The number of nitrogens with zero attached hydrogens (tertiary/aromatic N) is 2.